The van der Waals surface area contributed by atoms with Gasteiger partial charge in [-0.3, -0.25) is 0 Å². The number of hydrogen-bond acceptors (Lipinski definition) is 2. The van der Waals surface area contributed by atoms with Gasteiger partial charge in [-0.15, -0.1) is 0 Å². The highest BCUT2D eigenvalue weighted by molar-refractivity contribution is 4.98. The van der Waals surface area contributed by atoms with E-state index in [4.69, 9.17) is 0 Å². The van der Waals surface area contributed by atoms with Crippen molar-refractivity contribution in [2.75, 3.05) is 7.05 Å². The van der Waals surface area contributed by atoms with Crippen LogP contribution in [0.4, 0.5) is 0 Å². The van der Waals surface area contributed by atoms with E-state index in [1.807, 2.05) is 19.3 Å². The second-order valence-electron chi connectivity index (χ2n) is 2.42. The molecular weight excluding hydrogens is 102 g/mol. The van der Waals surface area contributed by atoms with Crippen LogP contribution in [0.3, 0.4) is 0 Å². The Labute approximate surface area is 49.4 Å². The van der Waals surface area contributed by atoms with E-state index in [1.165, 1.54) is 0 Å². The molecule has 0 bridgehead atoms. The molecule has 0 spiro atoms. The Morgan fingerprint density at radius 1 is 1.75 bits per heavy atom. The minimum atomic E-state index is -0.625. The summed E-state index contributed by atoms with van der Waals surface area (Å²) in [5, 5.41) is 9.33. The Balaban J connectivity index is 2.64. The smallest absolute Gasteiger partial charge is 0.137 e. The Morgan fingerprint density at radius 2 is 2.38 bits per heavy atom. The van der Waals surface area contributed by atoms with Crippen LogP contribution in [0, 0.1) is 0 Å². The molecule has 0 saturated carbocycles. The van der Waals surface area contributed by atoms with Crippen molar-refractivity contribution in [2.45, 2.75) is 19.1 Å². The van der Waals surface area contributed by atoms with Crippen molar-refractivity contribution in [2.24, 2.45) is 0 Å². The van der Waals surface area contributed by atoms with Crippen LogP contribution in [0.5, 0.6) is 0 Å². The largest absolute Gasteiger partial charge is 0.371 e. The molecule has 0 fully saturated rings. The van der Waals surface area contributed by atoms with Gasteiger partial charge in [-0.2, -0.15) is 0 Å². The van der Waals surface area contributed by atoms with Crippen molar-refractivity contribution < 1.29 is 5.11 Å². The summed E-state index contributed by atoms with van der Waals surface area (Å²) in [6.07, 6.45) is 4.59. The first-order chi connectivity index (χ1) is 3.63. The van der Waals surface area contributed by atoms with Gasteiger partial charge in [-0.05, 0) is 13.1 Å². The Hall–Kier alpha value is -0.500. The normalized spacial score (nSPS) is 36.6. The molecule has 2 heteroatoms. The minimum Gasteiger partial charge on any atom is -0.371 e. The van der Waals surface area contributed by atoms with Gasteiger partial charge in [0, 0.05) is 13.5 Å². The van der Waals surface area contributed by atoms with Crippen LogP contribution in [0.25, 0.3) is 0 Å². The van der Waals surface area contributed by atoms with Crippen molar-refractivity contribution in [1.82, 2.24) is 4.90 Å². The summed E-state index contributed by atoms with van der Waals surface area (Å²) in [7, 11) is 1.86. The summed E-state index contributed by atoms with van der Waals surface area (Å²) in [5.74, 6) is 0. The fourth-order valence-electron chi connectivity index (χ4n) is 0.739. The second kappa shape index (κ2) is 1.49. The lowest BCUT2D eigenvalue weighted by Gasteiger charge is -2.26. The molecule has 1 rings (SSSR count). The van der Waals surface area contributed by atoms with E-state index < -0.39 is 5.72 Å². The standard InChI is InChI=1S/C6H11NO/c1-6(8)4-3-5-7(6)2/h3,5,8H,4H2,1-2H3. The summed E-state index contributed by atoms with van der Waals surface area (Å²) in [5.41, 5.74) is -0.625. The molecule has 1 atom stereocenters. The van der Waals surface area contributed by atoms with E-state index >= 15 is 0 Å². The van der Waals surface area contributed by atoms with Gasteiger partial charge >= 0.3 is 0 Å². The third kappa shape index (κ3) is 0.713. The third-order valence-electron chi connectivity index (χ3n) is 1.59. The van der Waals surface area contributed by atoms with E-state index in [9.17, 15) is 5.11 Å². The van der Waals surface area contributed by atoms with E-state index in [0.717, 1.165) is 6.42 Å². The quantitative estimate of drug-likeness (QED) is 0.495. The van der Waals surface area contributed by atoms with E-state index in [2.05, 4.69) is 0 Å². The average molecular weight is 113 g/mol. The van der Waals surface area contributed by atoms with Gasteiger partial charge in [0.15, 0.2) is 0 Å². The maximum atomic E-state index is 9.33. The van der Waals surface area contributed by atoms with Crippen molar-refractivity contribution in [1.29, 1.82) is 0 Å². The summed E-state index contributed by atoms with van der Waals surface area (Å²) in [4.78, 5) is 1.80. The number of hydrogen-bond donors (Lipinski definition) is 1. The van der Waals surface area contributed by atoms with E-state index in [-0.39, 0.29) is 0 Å². The molecule has 1 aliphatic rings. The number of aliphatic hydroxyl groups is 1. The van der Waals surface area contributed by atoms with Crippen LogP contribution in [-0.2, 0) is 0 Å². The zero-order chi connectivity index (χ0) is 6.20. The highest BCUT2D eigenvalue weighted by atomic mass is 16.3. The lowest BCUT2D eigenvalue weighted by atomic mass is 10.2. The minimum absolute atomic E-state index is 0.625. The summed E-state index contributed by atoms with van der Waals surface area (Å²) >= 11 is 0. The van der Waals surface area contributed by atoms with Gasteiger partial charge in [0.2, 0.25) is 0 Å². The fourth-order valence-corrected chi connectivity index (χ4v) is 0.739. The molecule has 46 valence electrons. The zero-order valence-electron chi connectivity index (χ0n) is 5.26. The van der Waals surface area contributed by atoms with E-state index in [0.29, 0.717) is 0 Å². The molecular formula is C6H11NO. The molecule has 0 amide bonds. The molecule has 1 heterocycles. The lowest BCUT2D eigenvalue weighted by molar-refractivity contribution is -0.0382. The van der Waals surface area contributed by atoms with Crippen molar-refractivity contribution >= 4 is 0 Å². The first-order valence-corrected chi connectivity index (χ1v) is 2.75. The van der Waals surface area contributed by atoms with Crippen LogP contribution < -0.4 is 0 Å². The van der Waals surface area contributed by atoms with Crippen molar-refractivity contribution in [3.05, 3.63) is 12.3 Å². The van der Waals surface area contributed by atoms with Crippen LogP contribution in [0.1, 0.15) is 13.3 Å². The van der Waals surface area contributed by atoms with Gasteiger partial charge in [0.05, 0.1) is 0 Å². The first kappa shape index (κ1) is 5.63. The van der Waals surface area contributed by atoms with Crippen molar-refractivity contribution in [3.63, 3.8) is 0 Å². The molecule has 1 unspecified atom stereocenters. The first-order valence-electron chi connectivity index (χ1n) is 2.75. The molecule has 0 aromatic heterocycles. The fraction of sp³-hybridized carbons (Fsp3) is 0.667. The van der Waals surface area contributed by atoms with E-state index in [1.54, 1.807) is 11.8 Å². The maximum absolute atomic E-state index is 9.33. The zero-order valence-corrected chi connectivity index (χ0v) is 5.26. The molecule has 8 heavy (non-hydrogen) atoms. The molecule has 0 radical (unpaired) electrons. The molecule has 1 N–H and O–H groups in total. The maximum Gasteiger partial charge on any atom is 0.137 e. The Morgan fingerprint density at radius 3 is 2.50 bits per heavy atom. The van der Waals surface area contributed by atoms with Crippen LogP contribution >= 0.6 is 0 Å². The van der Waals surface area contributed by atoms with Gasteiger partial charge in [-0.25, -0.2) is 0 Å². The molecule has 0 aromatic carbocycles. The second-order valence-corrected chi connectivity index (χ2v) is 2.42. The topological polar surface area (TPSA) is 23.5 Å². The van der Waals surface area contributed by atoms with Gasteiger partial charge < -0.3 is 10.0 Å². The predicted octanol–water partition coefficient (Wildman–Crippen LogP) is 0.544. The summed E-state index contributed by atoms with van der Waals surface area (Å²) in [6, 6.07) is 0. The highest BCUT2D eigenvalue weighted by Crippen LogP contribution is 2.20. The van der Waals surface area contributed by atoms with Gasteiger partial charge in [0.25, 0.3) is 0 Å². The van der Waals surface area contributed by atoms with Crippen LogP contribution in [0.15, 0.2) is 12.3 Å². The van der Waals surface area contributed by atoms with Gasteiger partial charge in [-0.1, -0.05) is 6.08 Å². The number of rotatable bonds is 0. The summed E-state index contributed by atoms with van der Waals surface area (Å²) in [6.45, 7) is 1.80. The Bertz CT molecular complexity index is 118. The molecule has 1 aliphatic heterocycles. The molecule has 0 aliphatic carbocycles. The highest BCUT2D eigenvalue weighted by Gasteiger charge is 2.25. The SMILES string of the molecule is CN1C=CCC1(C)O. The molecule has 0 saturated heterocycles. The third-order valence-corrected chi connectivity index (χ3v) is 1.59. The van der Waals surface area contributed by atoms with Crippen LogP contribution in [-0.4, -0.2) is 22.8 Å². The number of nitrogens with zero attached hydrogens (tertiary/aromatic N) is 1. The molecule has 2 nitrogen and oxygen atoms in total. The average Bonchev–Trinajstić information content (AvgIpc) is 1.86. The van der Waals surface area contributed by atoms with Gasteiger partial charge in [0.1, 0.15) is 5.72 Å². The van der Waals surface area contributed by atoms with Crippen LogP contribution in [0.2, 0.25) is 0 Å². The Kier molecular flexibility index (Phi) is 1.05. The van der Waals surface area contributed by atoms with Crippen molar-refractivity contribution in [3.8, 4) is 0 Å². The predicted molar refractivity (Wildman–Crippen MR) is 32.1 cm³/mol. The molecule has 0 aromatic rings. The summed E-state index contributed by atoms with van der Waals surface area (Å²) < 4.78 is 0. The lowest BCUT2D eigenvalue weighted by Crippen LogP contribution is -2.35. The monoisotopic (exact) mass is 113 g/mol.